The highest BCUT2D eigenvalue weighted by Gasteiger charge is 2.27. The Hall–Kier alpha value is -1.75. The van der Waals surface area contributed by atoms with Crippen LogP contribution in [-0.4, -0.2) is 21.5 Å². The van der Waals surface area contributed by atoms with Crippen molar-refractivity contribution in [3.8, 4) is 0 Å². The summed E-state index contributed by atoms with van der Waals surface area (Å²) in [5, 5.41) is 3.58. The number of aromatic nitrogens is 2. The van der Waals surface area contributed by atoms with Crippen LogP contribution in [-0.2, 0) is 4.79 Å². The summed E-state index contributed by atoms with van der Waals surface area (Å²) in [5.74, 6) is 0.305. The molecule has 1 aliphatic carbocycles. The number of halogens is 1. The van der Waals surface area contributed by atoms with E-state index in [9.17, 15) is 4.79 Å². The molecule has 100 valence electrons. The number of amides is 1. The van der Waals surface area contributed by atoms with Crippen LogP contribution in [0.2, 0.25) is 5.02 Å². The van der Waals surface area contributed by atoms with Crippen LogP contribution in [0, 0.1) is 0 Å². The summed E-state index contributed by atoms with van der Waals surface area (Å²) in [6.07, 6.45) is 2.13. The number of imidazole rings is 1. The van der Waals surface area contributed by atoms with Crippen molar-refractivity contribution in [2.45, 2.75) is 31.8 Å². The van der Waals surface area contributed by atoms with Crippen molar-refractivity contribution in [1.29, 1.82) is 0 Å². The SMILES string of the molecule is CC(C(=O)NC1CC1)n1c(N)nc2cc(Cl)ccc21. The predicted octanol–water partition coefficient (Wildman–Crippen LogP) is 2.11. The number of nitrogens with two attached hydrogens (primary N) is 1. The van der Waals surface area contributed by atoms with Crippen LogP contribution in [0.25, 0.3) is 11.0 Å². The molecule has 1 unspecified atom stereocenters. The van der Waals surface area contributed by atoms with Crippen molar-refractivity contribution in [1.82, 2.24) is 14.9 Å². The molecule has 0 bridgehead atoms. The molecule has 1 atom stereocenters. The zero-order chi connectivity index (χ0) is 13.6. The van der Waals surface area contributed by atoms with Gasteiger partial charge in [0, 0.05) is 11.1 Å². The van der Waals surface area contributed by atoms with Gasteiger partial charge in [-0.3, -0.25) is 9.36 Å². The van der Waals surface area contributed by atoms with Gasteiger partial charge in [0.05, 0.1) is 11.0 Å². The first-order valence-corrected chi connectivity index (χ1v) is 6.67. The van der Waals surface area contributed by atoms with Gasteiger partial charge in [0.1, 0.15) is 6.04 Å². The fourth-order valence-corrected chi connectivity index (χ4v) is 2.33. The maximum atomic E-state index is 12.1. The number of nitrogens with one attached hydrogen (secondary N) is 1. The molecule has 1 fully saturated rings. The maximum absolute atomic E-state index is 12.1. The van der Waals surface area contributed by atoms with Gasteiger partial charge in [-0.05, 0) is 38.0 Å². The summed E-state index contributed by atoms with van der Waals surface area (Å²) in [7, 11) is 0. The van der Waals surface area contributed by atoms with Crippen molar-refractivity contribution in [3.05, 3.63) is 23.2 Å². The normalized spacial score (nSPS) is 16.5. The topological polar surface area (TPSA) is 72.9 Å². The lowest BCUT2D eigenvalue weighted by Gasteiger charge is -2.15. The van der Waals surface area contributed by atoms with Crippen LogP contribution in [0.15, 0.2) is 18.2 Å². The summed E-state index contributed by atoms with van der Waals surface area (Å²) >= 11 is 5.93. The second kappa shape index (κ2) is 4.42. The highest BCUT2D eigenvalue weighted by atomic mass is 35.5. The summed E-state index contributed by atoms with van der Waals surface area (Å²) in [4.78, 5) is 16.4. The quantitative estimate of drug-likeness (QED) is 0.903. The van der Waals surface area contributed by atoms with Crippen molar-refractivity contribution in [2.24, 2.45) is 0 Å². The molecule has 0 saturated heterocycles. The average molecular weight is 279 g/mol. The molecular formula is C13H15ClN4O. The third-order valence-electron chi connectivity index (χ3n) is 3.37. The van der Waals surface area contributed by atoms with Crippen molar-refractivity contribution in [2.75, 3.05) is 5.73 Å². The van der Waals surface area contributed by atoms with E-state index in [4.69, 9.17) is 17.3 Å². The summed E-state index contributed by atoms with van der Waals surface area (Å²) in [6, 6.07) is 5.30. The minimum Gasteiger partial charge on any atom is -0.369 e. The number of benzene rings is 1. The molecule has 2 aromatic rings. The van der Waals surface area contributed by atoms with Crippen LogP contribution in [0.5, 0.6) is 0 Å². The van der Waals surface area contributed by atoms with E-state index in [1.807, 2.05) is 13.0 Å². The molecule has 1 aromatic heterocycles. The monoisotopic (exact) mass is 278 g/mol. The Labute approximate surface area is 115 Å². The minimum absolute atomic E-state index is 0.0246. The average Bonchev–Trinajstić information content (AvgIpc) is 3.10. The fraction of sp³-hybridized carbons (Fsp3) is 0.385. The molecular weight excluding hydrogens is 264 g/mol. The second-order valence-corrected chi connectivity index (χ2v) is 5.37. The molecule has 1 saturated carbocycles. The van der Waals surface area contributed by atoms with Gasteiger partial charge >= 0.3 is 0 Å². The molecule has 6 heteroatoms. The number of nitrogen functional groups attached to an aromatic ring is 1. The van der Waals surface area contributed by atoms with Gasteiger partial charge in [-0.25, -0.2) is 4.98 Å². The van der Waals surface area contributed by atoms with Gasteiger partial charge in [0.15, 0.2) is 0 Å². The Balaban J connectivity index is 1.98. The smallest absolute Gasteiger partial charge is 0.243 e. The van der Waals surface area contributed by atoms with Crippen LogP contribution >= 0.6 is 11.6 Å². The van der Waals surface area contributed by atoms with Gasteiger partial charge < -0.3 is 11.1 Å². The first-order valence-electron chi connectivity index (χ1n) is 6.29. The Morgan fingerprint density at radius 1 is 1.58 bits per heavy atom. The lowest BCUT2D eigenvalue weighted by atomic mass is 10.2. The van der Waals surface area contributed by atoms with E-state index in [0.717, 1.165) is 18.4 Å². The Morgan fingerprint density at radius 3 is 3.00 bits per heavy atom. The molecule has 19 heavy (non-hydrogen) atoms. The molecule has 3 N–H and O–H groups in total. The number of fused-ring (bicyclic) bond motifs is 1. The zero-order valence-corrected chi connectivity index (χ0v) is 11.3. The number of nitrogens with zero attached hydrogens (tertiary/aromatic N) is 2. The van der Waals surface area contributed by atoms with Gasteiger partial charge in [0.25, 0.3) is 0 Å². The standard InChI is InChI=1S/C13H15ClN4O/c1-7(12(19)16-9-3-4-9)18-11-5-2-8(14)6-10(11)17-13(18)15/h2,5-7,9H,3-4H2,1H3,(H2,15,17)(H,16,19). The maximum Gasteiger partial charge on any atom is 0.243 e. The van der Waals surface area contributed by atoms with Crippen LogP contribution < -0.4 is 11.1 Å². The number of hydrogen-bond acceptors (Lipinski definition) is 3. The van der Waals surface area contributed by atoms with Gasteiger partial charge in [0.2, 0.25) is 11.9 Å². The molecule has 3 rings (SSSR count). The van der Waals surface area contributed by atoms with Crippen molar-refractivity contribution >= 4 is 34.5 Å². The highest BCUT2D eigenvalue weighted by molar-refractivity contribution is 6.31. The first kappa shape index (κ1) is 12.3. The van der Waals surface area contributed by atoms with Gasteiger partial charge in [-0.15, -0.1) is 0 Å². The minimum atomic E-state index is -0.383. The molecule has 0 aliphatic heterocycles. The van der Waals surface area contributed by atoms with Crippen LogP contribution in [0.1, 0.15) is 25.8 Å². The van der Waals surface area contributed by atoms with Crippen LogP contribution in [0.3, 0.4) is 0 Å². The third kappa shape index (κ3) is 2.26. The molecule has 1 aromatic carbocycles. The number of carbonyl (C=O) groups is 1. The van der Waals surface area contributed by atoms with E-state index in [1.165, 1.54) is 0 Å². The number of anilines is 1. The Bertz CT molecular complexity index is 647. The van der Waals surface area contributed by atoms with E-state index < -0.39 is 0 Å². The molecule has 0 spiro atoms. The first-order chi connectivity index (χ1) is 9.06. The van der Waals surface area contributed by atoms with E-state index in [2.05, 4.69) is 10.3 Å². The van der Waals surface area contributed by atoms with E-state index in [0.29, 0.717) is 22.5 Å². The number of hydrogen-bond donors (Lipinski definition) is 2. The molecule has 1 heterocycles. The number of rotatable bonds is 3. The fourth-order valence-electron chi connectivity index (χ4n) is 2.16. The largest absolute Gasteiger partial charge is 0.369 e. The second-order valence-electron chi connectivity index (χ2n) is 4.93. The van der Waals surface area contributed by atoms with Crippen molar-refractivity contribution < 1.29 is 4.79 Å². The van der Waals surface area contributed by atoms with Crippen LogP contribution in [0.4, 0.5) is 5.95 Å². The van der Waals surface area contributed by atoms with E-state index >= 15 is 0 Å². The Kier molecular flexibility index (Phi) is 2.86. The third-order valence-corrected chi connectivity index (χ3v) is 3.60. The molecule has 1 amide bonds. The van der Waals surface area contributed by atoms with Gasteiger partial charge in [-0.1, -0.05) is 11.6 Å². The predicted molar refractivity (Wildman–Crippen MR) is 75.0 cm³/mol. The summed E-state index contributed by atoms with van der Waals surface area (Å²) in [5.41, 5.74) is 7.44. The van der Waals surface area contributed by atoms with E-state index in [-0.39, 0.29) is 11.9 Å². The summed E-state index contributed by atoms with van der Waals surface area (Å²) in [6.45, 7) is 1.82. The Morgan fingerprint density at radius 2 is 2.32 bits per heavy atom. The summed E-state index contributed by atoms with van der Waals surface area (Å²) < 4.78 is 1.74. The van der Waals surface area contributed by atoms with Crippen molar-refractivity contribution in [3.63, 3.8) is 0 Å². The zero-order valence-electron chi connectivity index (χ0n) is 10.6. The number of carbonyl (C=O) groups excluding carboxylic acids is 1. The lowest BCUT2D eigenvalue weighted by molar-refractivity contribution is -0.123. The lowest BCUT2D eigenvalue weighted by Crippen LogP contribution is -2.32. The molecule has 1 aliphatic rings. The molecule has 5 nitrogen and oxygen atoms in total. The van der Waals surface area contributed by atoms with Gasteiger partial charge in [-0.2, -0.15) is 0 Å². The van der Waals surface area contributed by atoms with E-state index in [1.54, 1.807) is 16.7 Å². The molecule has 0 radical (unpaired) electrons. The highest BCUT2D eigenvalue weighted by Crippen LogP contribution is 2.26.